The molecule has 0 aliphatic heterocycles. The van der Waals surface area contributed by atoms with Crippen LogP contribution in [0.15, 0.2) is 218 Å². The summed E-state index contributed by atoms with van der Waals surface area (Å²) in [5.41, 5.74) is 3.61. The van der Waals surface area contributed by atoms with E-state index in [0.29, 0.717) is 0 Å². The molecule has 8 aromatic carbocycles. The zero-order chi connectivity index (χ0) is 34.0. The average molecular weight is 686 g/mol. The fourth-order valence-electron chi connectivity index (χ4n) is 7.90. The van der Waals surface area contributed by atoms with Crippen LogP contribution in [0.4, 0.5) is 0 Å². The molecule has 1 heterocycles. The van der Waals surface area contributed by atoms with Crippen molar-refractivity contribution in [2.24, 2.45) is 0 Å². The molecule has 1 nitrogen and oxygen atoms in total. The van der Waals surface area contributed by atoms with Gasteiger partial charge < -0.3 is 4.57 Å². The summed E-state index contributed by atoms with van der Waals surface area (Å²) in [6.45, 7) is 0. The Balaban J connectivity index is 1.37. The molecule has 9 aromatic rings. The van der Waals surface area contributed by atoms with Crippen LogP contribution >= 0.6 is 7.92 Å². The van der Waals surface area contributed by atoms with Gasteiger partial charge in [0.15, 0.2) is 8.07 Å². The van der Waals surface area contributed by atoms with Crippen LogP contribution in [0.5, 0.6) is 0 Å². The van der Waals surface area contributed by atoms with Crippen molar-refractivity contribution in [2.75, 3.05) is 0 Å². The zero-order valence-electron chi connectivity index (χ0n) is 28.2. The van der Waals surface area contributed by atoms with Crippen molar-refractivity contribution in [3.05, 3.63) is 218 Å². The van der Waals surface area contributed by atoms with Gasteiger partial charge in [0.1, 0.15) is 0 Å². The minimum atomic E-state index is -2.72. The molecule has 0 saturated heterocycles. The van der Waals surface area contributed by atoms with Gasteiger partial charge in [0.05, 0.1) is 11.0 Å². The first-order valence-corrected chi connectivity index (χ1v) is 20.9. The SMILES string of the molecule is c1ccc(-n2c3ccc(P(c4ccccc4)c4ccccc4)cc3c3cc([Si](c4ccccc4)(c4ccccc4)c4ccccc4)ccc32)cc1. The van der Waals surface area contributed by atoms with E-state index in [-0.39, 0.29) is 0 Å². The third kappa shape index (κ3) is 5.45. The molecule has 0 aliphatic rings. The molecule has 0 amide bonds. The zero-order valence-corrected chi connectivity index (χ0v) is 30.1. The average Bonchev–Trinajstić information content (AvgIpc) is 3.54. The van der Waals surface area contributed by atoms with E-state index >= 15 is 0 Å². The van der Waals surface area contributed by atoms with E-state index in [1.807, 2.05) is 0 Å². The largest absolute Gasteiger partial charge is 0.309 e. The van der Waals surface area contributed by atoms with Crippen LogP contribution < -0.4 is 36.7 Å². The number of para-hydroxylation sites is 1. The second-order valence-electron chi connectivity index (χ2n) is 13.0. The van der Waals surface area contributed by atoms with Crippen LogP contribution in [0.2, 0.25) is 0 Å². The number of hydrogen-bond donors (Lipinski definition) is 0. The van der Waals surface area contributed by atoms with E-state index in [1.165, 1.54) is 64.2 Å². The van der Waals surface area contributed by atoms with Crippen LogP contribution in [0.3, 0.4) is 0 Å². The summed E-state index contributed by atoms with van der Waals surface area (Å²) >= 11 is 0. The fourth-order valence-corrected chi connectivity index (χ4v) is 15.0. The van der Waals surface area contributed by atoms with Crippen LogP contribution in [-0.2, 0) is 0 Å². The highest BCUT2D eigenvalue weighted by molar-refractivity contribution is 7.79. The van der Waals surface area contributed by atoms with Crippen molar-refractivity contribution in [1.82, 2.24) is 4.57 Å². The van der Waals surface area contributed by atoms with Crippen LogP contribution in [0.1, 0.15) is 0 Å². The Morgan fingerprint density at radius 1 is 0.314 bits per heavy atom. The highest BCUT2D eigenvalue weighted by Crippen LogP contribution is 2.37. The number of benzene rings is 8. The molecule has 0 N–H and O–H groups in total. The summed E-state index contributed by atoms with van der Waals surface area (Å²) in [4.78, 5) is 0. The minimum absolute atomic E-state index is 0.759. The lowest BCUT2D eigenvalue weighted by Gasteiger charge is -2.34. The van der Waals surface area contributed by atoms with Crippen LogP contribution in [0.25, 0.3) is 27.5 Å². The molecule has 242 valence electrons. The summed E-state index contributed by atoms with van der Waals surface area (Å²) in [5.74, 6) is 0. The van der Waals surface area contributed by atoms with Crippen molar-refractivity contribution in [3.8, 4) is 5.69 Å². The molecular formula is C48H36NPSi. The standard InChI is InChI=1S/C48H36NPSi/c1-7-19-37(20-8-1)49-47-33-31-40(50(38-21-9-2-10-22-38)39-23-11-3-12-24-39)35-45(47)46-36-44(32-34-48(46)49)51(41-25-13-4-14-26-41,42-27-15-5-16-28-42)43-29-17-6-18-30-43/h1-36H. The first-order valence-electron chi connectivity index (χ1n) is 17.5. The molecule has 51 heavy (non-hydrogen) atoms. The molecule has 1 aromatic heterocycles. The van der Waals surface area contributed by atoms with Gasteiger partial charge in [-0.15, -0.1) is 0 Å². The van der Waals surface area contributed by atoms with Gasteiger partial charge in [-0.1, -0.05) is 188 Å². The van der Waals surface area contributed by atoms with Gasteiger partial charge in [-0.2, -0.15) is 0 Å². The first-order chi connectivity index (χ1) is 25.3. The molecule has 0 aliphatic carbocycles. The third-order valence-electron chi connectivity index (χ3n) is 10.1. The first kappa shape index (κ1) is 31.2. The molecule has 0 radical (unpaired) electrons. The highest BCUT2D eigenvalue weighted by atomic mass is 31.1. The van der Waals surface area contributed by atoms with E-state index in [1.54, 1.807) is 0 Å². The van der Waals surface area contributed by atoms with Gasteiger partial charge in [0.2, 0.25) is 0 Å². The maximum atomic E-state index is 2.54. The molecular weight excluding hydrogens is 650 g/mol. The minimum Gasteiger partial charge on any atom is -0.309 e. The maximum Gasteiger partial charge on any atom is 0.179 e. The summed E-state index contributed by atoms with van der Waals surface area (Å²) in [5, 5.41) is 12.1. The molecule has 9 rings (SSSR count). The molecule has 0 atom stereocenters. The Labute approximate surface area is 301 Å². The van der Waals surface area contributed by atoms with Crippen molar-refractivity contribution in [1.29, 1.82) is 0 Å². The Morgan fingerprint density at radius 3 is 1.18 bits per heavy atom. The van der Waals surface area contributed by atoms with Crippen LogP contribution in [0, 0.1) is 0 Å². The maximum absolute atomic E-state index is 2.72. The molecule has 0 fully saturated rings. The number of nitrogens with zero attached hydrogens (tertiary/aromatic N) is 1. The fraction of sp³-hybridized carbons (Fsp3) is 0. The van der Waals surface area contributed by atoms with Gasteiger partial charge in [0, 0.05) is 16.5 Å². The Morgan fingerprint density at radius 2 is 0.706 bits per heavy atom. The van der Waals surface area contributed by atoms with Gasteiger partial charge in [-0.25, -0.2) is 0 Å². The van der Waals surface area contributed by atoms with Gasteiger partial charge in [-0.05, 0) is 74.9 Å². The normalized spacial score (nSPS) is 11.7. The molecule has 0 bridgehead atoms. The summed E-state index contributed by atoms with van der Waals surface area (Å²) in [6.07, 6.45) is 0. The van der Waals surface area contributed by atoms with Crippen LogP contribution in [-0.4, -0.2) is 12.6 Å². The molecule has 0 saturated carbocycles. The monoisotopic (exact) mass is 685 g/mol. The molecule has 3 heteroatoms. The number of fused-ring (bicyclic) bond motifs is 3. The third-order valence-corrected chi connectivity index (χ3v) is 17.3. The van der Waals surface area contributed by atoms with E-state index < -0.39 is 16.0 Å². The lowest BCUT2D eigenvalue weighted by molar-refractivity contribution is 1.18. The van der Waals surface area contributed by atoms with Gasteiger partial charge in [-0.3, -0.25) is 0 Å². The Kier molecular flexibility index (Phi) is 8.26. The predicted molar refractivity (Wildman–Crippen MR) is 223 cm³/mol. The summed E-state index contributed by atoms with van der Waals surface area (Å²) in [6, 6.07) is 81.0. The van der Waals surface area contributed by atoms with Gasteiger partial charge in [0.25, 0.3) is 0 Å². The van der Waals surface area contributed by atoms with E-state index in [0.717, 1.165) is 0 Å². The van der Waals surface area contributed by atoms with E-state index in [9.17, 15) is 0 Å². The summed E-state index contributed by atoms with van der Waals surface area (Å²) in [7, 11) is -3.48. The topological polar surface area (TPSA) is 4.93 Å². The lowest BCUT2D eigenvalue weighted by Crippen LogP contribution is -2.74. The van der Waals surface area contributed by atoms with Crippen molar-refractivity contribution in [3.63, 3.8) is 0 Å². The van der Waals surface area contributed by atoms with E-state index in [2.05, 4.69) is 223 Å². The van der Waals surface area contributed by atoms with Crippen molar-refractivity contribution in [2.45, 2.75) is 0 Å². The van der Waals surface area contributed by atoms with Crippen molar-refractivity contribution < 1.29 is 0 Å². The molecule has 0 spiro atoms. The second kappa shape index (κ2) is 13.5. The molecule has 0 unspecified atom stereocenters. The second-order valence-corrected chi connectivity index (χ2v) is 19.0. The van der Waals surface area contributed by atoms with E-state index in [4.69, 9.17) is 0 Å². The quantitative estimate of drug-likeness (QED) is 0.0871. The smallest absolute Gasteiger partial charge is 0.179 e. The number of aromatic nitrogens is 1. The highest BCUT2D eigenvalue weighted by Gasteiger charge is 2.41. The lowest BCUT2D eigenvalue weighted by atomic mass is 10.1. The Bertz CT molecular complexity index is 2420. The summed E-state index contributed by atoms with van der Waals surface area (Å²) < 4.78 is 2.45. The van der Waals surface area contributed by atoms with Crippen molar-refractivity contribution >= 4 is 74.5 Å². The predicted octanol–water partition coefficient (Wildman–Crippen LogP) is 7.92. The Hall–Kier alpha value is -5.79. The number of hydrogen-bond acceptors (Lipinski definition) is 0. The number of rotatable bonds is 8. The van der Waals surface area contributed by atoms with Gasteiger partial charge >= 0.3 is 0 Å².